The molecule has 2 rings (SSSR count). The molecule has 0 fully saturated rings. The lowest BCUT2D eigenvalue weighted by molar-refractivity contribution is -0.384. The van der Waals surface area contributed by atoms with Crippen LogP contribution in [0.1, 0.15) is 0 Å². The molecule has 3 N–H and O–H groups in total. The largest absolute Gasteiger partial charge is 0.395 e. The van der Waals surface area contributed by atoms with E-state index in [2.05, 4.69) is 4.98 Å². The highest BCUT2D eigenvalue weighted by molar-refractivity contribution is 5.80. The quantitative estimate of drug-likeness (QED) is 0.581. The Morgan fingerprint density at radius 1 is 1.56 bits per heavy atom. The number of anilines is 1. The number of nitro benzene ring substituents is 1. The van der Waals surface area contributed by atoms with Gasteiger partial charge >= 0.3 is 0 Å². The molecule has 0 amide bonds. The van der Waals surface area contributed by atoms with E-state index in [1.54, 1.807) is 10.6 Å². The van der Waals surface area contributed by atoms with Crippen molar-refractivity contribution < 1.29 is 10.0 Å². The van der Waals surface area contributed by atoms with Crippen LogP contribution >= 0.6 is 0 Å². The monoisotopic (exact) mass is 222 g/mol. The van der Waals surface area contributed by atoms with Gasteiger partial charge in [0.1, 0.15) is 0 Å². The molecule has 1 heterocycles. The number of nitrogens with two attached hydrogens (primary N) is 1. The average Bonchev–Trinajstić information content (AvgIpc) is 2.55. The molecule has 0 atom stereocenters. The van der Waals surface area contributed by atoms with E-state index in [1.165, 1.54) is 12.1 Å². The minimum Gasteiger partial charge on any atom is -0.395 e. The van der Waals surface area contributed by atoms with E-state index in [1.807, 2.05) is 0 Å². The third kappa shape index (κ3) is 1.57. The molecule has 1 aromatic carbocycles. The van der Waals surface area contributed by atoms with Crippen molar-refractivity contribution in [2.45, 2.75) is 6.54 Å². The number of rotatable bonds is 3. The minimum atomic E-state index is -0.485. The van der Waals surface area contributed by atoms with Gasteiger partial charge < -0.3 is 15.4 Å². The molecule has 7 nitrogen and oxygen atoms in total. The number of aliphatic hydroxyl groups is 1. The molecular weight excluding hydrogens is 212 g/mol. The molecule has 2 aromatic rings. The van der Waals surface area contributed by atoms with Gasteiger partial charge in [-0.3, -0.25) is 10.1 Å². The molecule has 0 spiro atoms. The van der Waals surface area contributed by atoms with Crippen molar-refractivity contribution in [2.24, 2.45) is 0 Å². The highest BCUT2D eigenvalue weighted by Crippen LogP contribution is 2.22. The molecule has 0 unspecified atom stereocenters. The average molecular weight is 222 g/mol. The second kappa shape index (κ2) is 3.78. The van der Waals surface area contributed by atoms with E-state index in [9.17, 15) is 10.1 Å². The van der Waals surface area contributed by atoms with E-state index in [0.717, 1.165) is 0 Å². The zero-order chi connectivity index (χ0) is 11.7. The summed E-state index contributed by atoms with van der Waals surface area (Å²) in [4.78, 5) is 14.1. The van der Waals surface area contributed by atoms with E-state index in [4.69, 9.17) is 10.8 Å². The van der Waals surface area contributed by atoms with Gasteiger partial charge in [0.15, 0.2) is 0 Å². The number of nitrogens with zero attached hydrogens (tertiary/aromatic N) is 3. The van der Waals surface area contributed by atoms with Gasteiger partial charge in [0, 0.05) is 18.7 Å². The normalized spacial score (nSPS) is 10.8. The van der Waals surface area contributed by atoms with Gasteiger partial charge in [-0.15, -0.1) is 0 Å². The number of benzene rings is 1. The number of aliphatic hydroxyl groups excluding tert-OH is 1. The summed E-state index contributed by atoms with van der Waals surface area (Å²) in [5.74, 6) is 0.240. The number of hydrogen-bond donors (Lipinski definition) is 2. The first-order valence-corrected chi connectivity index (χ1v) is 4.64. The minimum absolute atomic E-state index is 0.0267. The fourth-order valence-electron chi connectivity index (χ4n) is 1.59. The molecule has 0 saturated carbocycles. The molecule has 0 aliphatic rings. The maximum atomic E-state index is 10.6. The van der Waals surface area contributed by atoms with Gasteiger partial charge in [0.05, 0.1) is 22.6 Å². The van der Waals surface area contributed by atoms with Crippen LogP contribution in [0.2, 0.25) is 0 Å². The summed E-state index contributed by atoms with van der Waals surface area (Å²) >= 11 is 0. The Morgan fingerprint density at radius 2 is 2.31 bits per heavy atom. The van der Waals surface area contributed by atoms with Crippen LogP contribution in [0.4, 0.5) is 11.6 Å². The van der Waals surface area contributed by atoms with Gasteiger partial charge in [0.2, 0.25) is 5.95 Å². The highest BCUT2D eigenvalue weighted by atomic mass is 16.6. The molecule has 16 heavy (non-hydrogen) atoms. The molecule has 0 saturated heterocycles. The molecule has 0 aliphatic carbocycles. The zero-order valence-corrected chi connectivity index (χ0v) is 8.33. The number of fused-ring (bicyclic) bond motifs is 1. The number of nitrogen functional groups attached to an aromatic ring is 1. The van der Waals surface area contributed by atoms with Crippen LogP contribution in [-0.2, 0) is 6.54 Å². The van der Waals surface area contributed by atoms with Gasteiger partial charge in [-0.2, -0.15) is 0 Å². The van der Waals surface area contributed by atoms with Crippen LogP contribution < -0.4 is 5.73 Å². The smallest absolute Gasteiger partial charge is 0.271 e. The molecule has 0 bridgehead atoms. The Kier molecular flexibility index (Phi) is 2.45. The fourth-order valence-corrected chi connectivity index (χ4v) is 1.59. The number of hydrogen-bond acceptors (Lipinski definition) is 5. The summed E-state index contributed by atoms with van der Waals surface area (Å²) in [5, 5.41) is 19.4. The van der Waals surface area contributed by atoms with Crippen LogP contribution in [0.15, 0.2) is 18.2 Å². The Hall–Kier alpha value is -2.15. The number of nitro groups is 1. The van der Waals surface area contributed by atoms with Crippen molar-refractivity contribution in [1.82, 2.24) is 9.55 Å². The maximum absolute atomic E-state index is 10.6. The first-order valence-electron chi connectivity index (χ1n) is 4.64. The third-order valence-corrected chi connectivity index (χ3v) is 2.30. The van der Waals surface area contributed by atoms with Crippen LogP contribution in [0.5, 0.6) is 0 Å². The number of aromatic nitrogens is 2. The number of non-ortho nitro benzene ring substituents is 1. The Bertz CT molecular complexity index is 549. The fraction of sp³-hybridized carbons (Fsp3) is 0.222. The summed E-state index contributed by atoms with van der Waals surface area (Å²) < 4.78 is 1.61. The third-order valence-electron chi connectivity index (χ3n) is 2.30. The second-order valence-electron chi connectivity index (χ2n) is 3.28. The van der Waals surface area contributed by atoms with Crippen molar-refractivity contribution in [3.8, 4) is 0 Å². The second-order valence-corrected chi connectivity index (χ2v) is 3.28. The van der Waals surface area contributed by atoms with Crippen LogP contribution in [0.25, 0.3) is 11.0 Å². The lowest BCUT2D eigenvalue weighted by Gasteiger charge is -2.02. The van der Waals surface area contributed by atoms with Gasteiger partial charge in [0.25, 0.3) is 5.69 Å². The maximum Gasteiger partial charge on any atom is 0.271 e. The predicted molar refractivity (Wildman–Crippen MR) is 57.9 cm³/mol. The summed E-state index contributed by atoms with van der Waals surface area (Å²) in [6, 6.07) is 4.32. The molecule has 0 radical (unpaired) electrons. The predicted octanol–water partition coefficient (Wildman–Crippen LogP) is 0.519. The van der Waals surface area contributed by atoms with Crippen molar-refractivity contribution >= 4 is 22.7 Å². The van der Waals surface area contributed by atoms with Gasteiger partial charge in [-0.25, -0.2) is 4.98 Å². The Morgan fingerprint density at radius 3 is 2.94 bits per heavy atom. The van der Waals surface area contributed by atoms with E-state index in [-0.39, 0.29) is 18.2 Å². The SMILES string of the molecule is Nc1nc2cc([N+](=O)[O-])ccc2n1CCO. The lowest BCUT2D eigenvalue weighted by Crippen LogP contribution is -2.05. The van der Waals surface area contributed by atoms with Gasteiger partial charge in [-0.05, 0) is 6.07 Å². The van der Waals surface area contributed by atoms with Crippen molar-refractivity contribution in [2.75, 3.05) is 12.3 Å². The highest BCUT2D eigenvalue weighted by Gasteiger charge is 2.12. The van der Waals surface area contributed by atoms with Crippen LogP contribution in [-0.4, -0.2) is 26.2 Å². The summed E-state index contributed by atoms with van der Waals surface area (Å²) in [5.41, 5.74) is 6.75. The summed E-state index contributed by atoms with van der Waals surface area (Å²) in [7, 11) is 0. The van der Waals surface area contributed by atoms with Crippen molar-refractivity contribution in [1.29, 1.82) is 0 Å². The first kappa shape index (κ1) is 10.4. The molecule has 0 aliphatic heterocycles. The van der Waals surface area contributed by atoms with Crippen LogP contribution in [0, 0.1) is 10.1 Å². The number of imidazole rings is 1. The molecule has 7 heteroatoms. The lowest BCUT2D eigenvalue weighted by atomic mass is 10.3. The van der Waals surface area contributed by atoms with Crippen molar-refractivity contribution in [3.63, 3.8) is 0 Å². The Labute approximate surface area is 90.3 Å². The standard InChI is InChI=1S/C9H10N4O3/c10-9-11-7-5-6(13(15)16)1-2-8(7)12(9)3-4-14/h1-2,5,14H,3-4H2,(H2,10,11). The van der Waals surface area contributed by atoms with E-state index >= 15 is 0 Å². The first-order chi connectivity index (χ1) is 7.63. The van der Waals surface area contributed by atoms with Crippen molar-refractivity contribution in [3.05, 3.63) is 28.3 Å². The summed E-state index contributed by atoms with van der Waals surface area (Å²) in [6.45, 7) is 0.257. The van der Waals surface area contributed by atoms with Gasteiger partial charge in [-0.1, -0.05) is 0 Å². The summed E-state index contributed by atoms with van der Waals surface area (Å²) in [6.07, 6.45) is 0. The molecular formula is C9H10N4O3. The molecule has 1 aromatic heterocycles. The van der Waals surface area contributed by atoms with E-state index in [0.29, 0.717) is 17.6 Å². The zero-order valence-electron chi connectivity index (χ0n) is 8.33. The molecule has 84 valence electrons. The van der Waals surface area contributed by atoms with Crippen LogP contribution in [0.3, 0.4) is 0 Å². The topological polar surface area (TPSA) is 107 Å². The van der Waals surface area contributed by atoms with E-state index < -0.39 is 4.92 Å². The Balaban J connectivity index is 2.60.